The lowest BCUT2D eigenvalue weighted by atomic mass is 10.1. The molecule has 26 heavy (non-hydrogen) atoms. The van der Waals surface area contributed by atoms with Crippen LogP contribution in [-0.2, 0) is 4.74 Å². The van der Waals surface area contributed by atoms with Crippen LogP contribution in [-0.4, -0.2) is 48.6 Å². The van der Waals surface area contributed by atoms with Gasteiger partial charge in [-0.25, -0.2) is 4.79 Å². The fourth-order valence-corrected chi connectivity index (χ4v) is 2.75. The van der Waals surface area contributed by atoms with Crippen LogP contribution in [0.1, 0.15) is 17.3 Å². The van der Waals surface area contributed by atoms with Crippen molar-refractivity contribution >= 4 is 22.4 Å². The number of nitriles is 1. The number of aromatic nitrogens is 1. The first-order chi connectivity index (χ1) is 12.5. The number of pyridine rings is 1. The van der Waals surface area contributed by atoms with Crippen LogP contribution in [0.25, 0.3) is 16.4 Å². The summed E-state index contributed by atoms with van der Waals surface area (Å²) in [6, 6.07) is 13.3. The molecule has 0 aliphatic heterocycles. The molecule has 6 nitrogen and oxygen atoms in total. The van der Waals surface area contributed by atoms with Gasteiger partial charge in [0.1, 0.15) is 18.4 Å². The van der Waals surface area contributed by atoms with Crippen LogP contribution in [0.4, 0.5) is 0 Å². The fraction of sp³-hybridized carbons (Fsp3) is 0.300. The van der Waals surface area contributed by atoms with E-state index in [0.717, 1.165) is 16.4 Å². The molecule has 2 aromatic heterocycles. The summed E-state index contributed by atoms with van der Waals surface area (Å²) in [5.74, 6) is 0.226. The highest BCUT2D eigenvalue weighted by atomic mass is 16.5. The van der Waals surface area contributed by atoms with Crippen LogP contribution < -0.4 is 4.74 Å². The smallest absolute Gasteiger partial charge is 0.341 e. The van der Waals surface area contributed by atoms with Crippen LogP contribution in [0.3, 0.4) is 0 Å². The summed E-state index contributed by atoms with van der Waals surface area (Å²) in [5, 5.41) is 9.51. The van der Waals surface area contributed by atoms with Gasteiger partial charge < -0.3 is 18.8 Å². The Labute approximate surface area is 152 Å². The highest BCUT2D eigenvalue weighted by Gasteiger charge is 2.20. The molecule has 0 aliphatic rings. The van der Waals surface area contributed by atoms with Gasteiger partial charge >= 0.3 is 5.97 Å². The van der Waals surface area contributed by atoms with Crippen molar-refractivity contribution in [2.24, 2.45) is 0 Å². The van der Waals surface area contributed by atoms with Crippen LogP contribution in [0.5, 0.6) is 5.75 Å². The third kappa shape index (κ3) is 3.35. The second kappa shape index (κ2) is 7.46. The maximum Gasteiger partial charge on any atom is 0.341 e. The molecule has 1 unspecified atom stereocenters. The van der Waals surface area contributed by atoms with Crippen molar-refractivity contribution < 1.29 is 14.3 Å². The topological polar surface area (TPSA) is 67.0 Å². The SMILES string of the molecule is CC(COC(=O)c1c2ccccc2n2cc(OCC#N)ccc12)N(C)C. The van der Waals surface area contributed by atoms with Crippen molar-refractivity contribution in [3.8, 4) is 11.8 Å². The molecule has 134 valence electrons. The molecule has 0 fully saturated rings. The highest BCUT2D eigenvalue weighted by Crippen LogP contribution is 2.29. The fourth-order valence-electron chi connectivity index (χ4n) is 2.75. The second-order valence-corrected chi connectivity index (χ2v) is 6.37. The Morgan fingerprint density at radius 2 is 2.00 bits per heavy atom. The maximum absolute atomic E-state index is 12.8. The Balaban J connectivity index is 2.03. The first-order valence-electron chi connectivity index (χ1n) is 8.39. The van der Waals surface area contributed by atoms with E-state index in [1.807, 2.05) is 66.7 Å². The number of rotatable bonds is 6. The van der Waals surface area contributed by atoms with Gasteiger partial charge in [-0.2, -0.15) is 5.26 Å². The van der Waals surface area contributed by atoms with Crippen molar-refractivity contribution in [1.82, 2.24) is 9.30 Å². The summed E-state index contributed by atoms with van der Waals surface area (Å²) in [6.45, 7) is 2.30. The van der Waals surface area contributed by atoms with E-state index in [2.05, 4.69) is 0 Å². The molecule has 0 saturated carbocycles. The predicted octanol–water partition coefficient (Wildman–Crippen LogP) is 3.10. The predicted molar refractivity (Wildman–Crippen MR) is 99.4 cm³/mol. The number of benzene rings is 1. The molecule has 0 spiro atoms. The van der Waals surface area contributed by atoms with Crippen molar-refractivity contribution in [2.75, 3.05) is 27.3 Å². The van der Waals surface area contributed by atoms with Crippen molar-refractivity contribution in [2.45, 2.75) is 13.0 Å². The summed E-state index contributed by atoms with van der Waals surface area (Å²) < 4.78 is 12.8. The van der Waals surface area contributed by atoms with Gasteiger partial charge in [0, 0.05) is 11.4 Å². The Morgan fingerprint density at radius 3 is 2.73 bits per heavy atom. The standard InChI is InChI=1S/C20H21N3O3/c1-14(22(2)3)13-26-20(24)19-16-6-4-5-7-17(16)23-12-15(25-11-10-21)8-9-18(19)23/h4-9,12,14H,11,13H2,1-3H3. The molecule has 0 N–H and O–H groups in total. The molecule has 6 heteroatoms. The van der Waals surface area contributed by atoms with Crippen LogP contribution in [0.2, 0.25) is 0 Å². The van der Waals surface area contributed by atoms with E-state index < -0.39 is 0 Å². The Kier molecular flexibility index (Phi) is 5.10. The number of nitrogens with zero attached hydrogens (tertiary/aromatic N) is 3. The number of ether oxygens (including phenoxy) is 2. The van der Waals surface area contributed by atoms with Crippen molar-refractivity contribution in [3.63, 3.8) is 0 Å². The van der Waals surface area contributed by atoms with Gasteiger partial charge in [0.15, 0.2) is 6.61 Å². The number of para-hydroxylation sites is 1. The lowest BCUT2D eigenvalue weighted by Gasteiger charge is -2.19. The molecule has 0 aliphatic carbocycles. The second-order valence-electron chi connectivity index (χ2n) is 6.37. The van der Waals surface area contributed by atoms with Crippen molar-refractivity contribution in [3.05, 3.63) is 48.2 Å². The average Bonchev–Trinajstić information content (AvgIpc) is 2.98. The molecule has 0 amide bonds. The minimum atomic E-state index is -0.344. The zero-order valence-corrected chi connectivity index (χ0v) is 15.1. The number of hydrogen-bond donors (Lipinski definition) is 0. The van der Waals surface area contributed by atoms with Crippen LogP contribution >= 0.6 is 0 Å². The van der Waals surface area contributed by atoms with E-state index in [1.165, 1.54) is 0 Å². The Bertz CT molecular complexity index is 985. The van der Waals surface area contributed by atoms with Gasteiger partial charge in [-0.05, 0) is 39.2 Å². The van der Waals surface area contributed by atoms with E-state index in [-0.39, 0.29) is 18.6 Å². The number of esters is 1. The number of fused-ring (bicyclic) bond motifs is 3. The Morgan fingerprint density at radius 1 is 1.23 bits per heavy atom. The summed E-state index contributed by atoms with van der Waals surface area (Å²) in [4.78, 5) is 14.8. The molecule has 0 saturated heterocycles. The Hall–Kier alpha value is -3.04. The lowest BCUT2D eigenvalue weighted by molar-refractivity contribution is 0.0421. The zero-order chi connectivity index (χ0) is 18.7. The largest absolute Gasteiger partial charge is 0.477 e. The summed E-state index contributed by atoms with van der Waals surface area (Å²) in [6.07, 6.45) is 1.79. The molecule has 1 aromatic carbocycles. The quantitative estimate of drug-likeness (QED) is 0.639. The zero-order valence-electron chi connectivity index (χ0n) is 15.1. The van der Waals surface area contributed by atoms with Gasteiger partial charge in [0.05, 0.1) is 22.8 Å². The molecule has 3 aromatic rings. The van der Waals surface area contributed by atoms with Gasteiger partial charge in [0.25, 0.3) is 0 Å². The molecular formula is C20H21N3O3. The molecular weight excluding hydrogens is 330 g/mol. The normalized spacial score (nSPS) is 12.3. The van der Waals surface area contributed by atoms with Gasteiger partial charge in [-0.15, -0.1) is 0 Å². The number of likely N-dealkylation sites (N-methyl/N-ethyl adjacent to an activating group) is 1. The van der Waals surface area contributed by atoms with Crippen LogP contribution in [0, 0.1) is 11.3 Å². The lowest BCUT2D eigenvalue weighted by Crippen LogP contribution is -2.30. The van der Waals surface area contributed by atoms with E-state index in [0.29, 0.717) is 17.9 Å². The molecule has 3 rings (SSSR count). The van der Waals surface area contributed by atoms with Crippen LogP contribution in [0.15, 0.2) is 42.6 Å². The summed E-state index contributed by atoms with van der Waals surface area (Å²) in [5.41, 5.74) is 2.17. The first kappa shape index (κ1) is 17.8. The van der Waals surface area contributed by atoms with Gasteiger partial charge in [-0.1, -0.05) is 18.2 Å². The van der Waals surface area contributed by atoms with E-state index in [9.17, 15) is 4.79 Å². The van der Waals surface area contributed by atoms with E-state index >= 15 is 0 Å². The average molecular weight is 351 g/mol. The first-order valence-corrected chi connectivity index (χ1v) is 8.39. The molecule has 0 bridgehead atoms. The minimum Gasteiger partial charge on any atom is -0.477 e. The summed E-state index contributed by atoms with van der Waals surface area (Å²) in [7, 11) is 3.90. The number of carbonyl (C=O) groups excluding carboxylic acids is 1. The third-order valence-corrected chi connectivity index (χ3v) is 4.46. The van der Waals surface area contributed by atoms with Gasteiger partial charge in [-0.3, -0.25) is 0 Å². The summed E-state index contributed by atoms with van der Waals surface area (Å²) >= 11 is 0. The third-order valence-electron chi connectivity index (χ3n) is 4.46. The van der Waals surface area contributed by atoms with Gasteiger partial charge in [0.2, 0.25) is 0 Å². The molecule has 2 heterocycles. The molecule has 0 radical (unpaired) electrons. The van der Waals surface area contributed by atoms with E-state index in [4.69, 9.17) is 14.7 Å². The van der Waals surface area contributed by atoms with Crippen molar-refractivity contribution in [1.29, 1.82) is 5.26 Å². The van der Waals surface area contributed by atoms with E-state index in [1.54, 1.807) is 12.3 Å². The number of hydrogen-bond acceptors (Lipinski definition) is 5. The highest BCUT2D eigenvalue weighted by molar-refractivity contribution is 6.11. The number of carbonyl (C=O) groups is 1. The maximum atomic E-state index is 12.8. The minimum absolute atomic E-state index is 0.0258. The monoisotopic (exact) mass is 351 g/mol. The molecule has 1 atom stereocenters.